The molecule has 4 nitrogen and oxygen atoms in total. The minimum Gasteiger partial charge on any atom is -0.324 e. The number of carbonyl (C=O) groups is 2. The average Bonchev–Trinajstić information content (AvgIpc) is 2.48. The molecule has 2 rings (SSSR count). The lowest BCUT2D eigenvalue weighted by molar-refractivity contribution is -0.120. The average molecular weight is 361 g/mol. The van der Waals surface area contributed by atoms with Crippen molar-refractivity contribution in [1.29, 1.82) is 0 Å². The van der Waals surface area contributed by atoms with E-state index in [1.54, 1.807) is 12.1 Å². The number of rotatable bonds is 4. The number of benzene rings is 2. The maximum Gasteiger partial charge on any atom is 0.244 e. The van der Waals surface area contributed by atoms with Crippen LogP contribution in [-0.2, 0) is 9.59 Å². The van der Waals surface area contributed by atoms with Gasteiger partial charge in [-0.2, -0.15) is 0 Å². The first-order chi connectivity index (χ1) is 10.5. The summed E-state index contributed by atoms with van der Waals surface area (Å²) >= 11 is 3.42. The van der Waals surface area contributed by atoms with Gasteiger partial charge in [0.1, 0.15) is 6.54 Å². The molecule has 0 aromatic heterocycles. The van der Waals surface area contributed by atoms with Crippen LogP contribution in [-0.4, -0.2) is 18.4 Å². The second-order valence-electron chi connectivity index (χ2n) is 4.97. The molecular weight excluding hydrogens is 344 g/mol. The van der Waals surface area contributed by atoms with Crippen molar-refractivity contribution in [2.45, 2.75) is 13.8 Å². The van der Waals surface area contributed by atoms with Gasteiger partial charge in [-0.15, -0.1) is 0 Å². The quantitative estimate of drug-likeness (QED) is 0.902. The summed E-state index contributed by atoms with van der Waals surface area (Å²) in [4.78, 5) is 25.4. The molecule has 0 aliphatic rings. The number of hydrogen-bond donors (Lipinski definition) is 1. The normalized spacial score (nSPS) is 10.1. The number of amides is 2. The Balaban J connectivity index is 2.10. The summed E-state index contributed by atoms with van der Waals surface area (Å²) in [5.74, 6) is -0.423. The van der Waals surface area contributed by atoms with Crippen LogP contribution in [0.4, 0.5) is 11.4 Å². The molecule has 1 N–H and O–H groups in total. The van der Waals surface area contributed by atoms with Crippen molar-refractivity contribution in [3.05, 3.63) is 58.6 Å². The lowest BCUT2D eigenvalue weighted by Crippen LogP contribution is -2.36. The summed E-state index contributed by atoms with van der Waals surface area (Å²) in [5.41, 5.74) is 2.49. The second-order valence-corrected chi connectivity index (χ2v) is 5.83. The summed E-state index contributed by atoms with van der Waals surface area (Å²) in [6, 6.07) is 14.8. The molecule has 0 radical (unpaired) electrons. The van der Waals surface area contributed by atoms with Gasteiger partial charge < -0.3 is 10.2 Å². The zero-order valence-corrected chi connectivity index (χ0v) is 14.1. The Kier molecular flexibility index (Phi) is 5.33. The van der Waals surface area contributed by atoms with Gasteiger partial charge >= 0.3 is 0 Å². The van der Waals surface area contributed by atoms with Crippen LogP contribution in [0.3, 0.4) is 0 Å². The summed E-state index contributed by atoms with van der Waals surface area (Å²) in [7, 11) is 0. The Bertz CT molecular complexity index is 686. The highest BCUT2D eigenvalue weighted by Gasteiger charge is 2.16. The molecule has 0 aliphatic heterocycles. The van der Waals surface area contributed by atoms with Gasteiger partial charge in [-0.05, 0) is 52.7 Å². The molecule has 2 amide bonds. The summed E-state index contributed by atoms with van der Waals surface area (Å²) in [6.07, 6.45) is 0. The van der Waals surface area contributed by atoms with E-state index in [1.807, 2.05) is 43.3 Å². The van der Waals surface area contributed by atoms with Crippen LogP contribution in [0.2, 0.25) is 0 Å². The van der Waals surface area contributed by atoms with Gasteiger partial charge in [-0.3, -0.25) is 9.59 Å². The molecule has 0 heterocycles. The van der Waals surface area contributed by atoms with E-state index >= 15 is 0 Å². The van der Waals surface area contributed by atoms with Gasteiger partial charge in [0.25, 0.3) is 0 Å². The molecule has 5 heteroatoms. The van der Waals surface area contributed by atoms with E-state index < -0.39 is 0 Å². The van der Waals surface area contributed by atoms with Gasteiger partial charge in [0, 0.05) is 17.1 Å². The van der Waals surface area contributed by atoms with Crippen LogP contribution in [0.25, 0.3) is 0 Å². The standard InChI is InChI=1S/C17H17BrN2O2/c1-12-8-9-16(15(18)10-12)19-17(22)11-20(13(2)21)14-6-4-3-5-7-14/h3-10H,11H2,1-2H3,(H,19,22). The van der Waals surface area contributed by atoms with Crippen LogP contribution >= 0.6 is 15.9 Å². The van der Waals surface area contributed by atoms with Gasteiger partial charge in [0.05, 0.1) is 5.69 Å². The molecule has 2 aromatic carbocycles. The minimum absolute atomic E-state index is 0.0281. The highest BCUT2D eigenvalue weighted by atomic mass is 79.9. The Morgan fingerprint density at radius 1 is 1.14 bits per heavy atom. The fourth-order valence-electron chi connectivity index (χ4n) is 2.05. The number of aryl methyl sites for hydroxylation is 1. The highest BCUT2D eigenvalue weighted by Crippen LogP contribution is 2.23. The van der Waals surface area contributed by atoms with Crippen LogP contribution in [0.1, 0.15) is 12.5 Å². The molecule has 0 saturated carbocycles. The minimum atomic E-state index is -0.247. The fourth-order valence-corrected chi connectivity index (χ4v) is 2.64. The molecule has 0 atom stereocenters. The number of para-hydroxylation sites is 1. The van der Waals surface area contributed by atoms with Crippen LogP contribution < -0.4 is 10.2 Å². The summed E-state index contributed by atoms with van der Waals surface area (Å²) in [6.45, 7) is 3.39. The Morgan fingerprint density at radius 3 is 2.41 bits per heavy atom. The van der Waals surface area contributed by atoms with Crippen molar-refractivity contribution in [1.82, 2.24) is 0 Å². The maximum atomic E-state index is 12.2. The van der Waals surface area contributed by atoms with E-state index in [2.05, 4.69) is 21.2 Å². The topological polar surface area (TPSA) is 49.4 Å². The molecule has 22 heavy (non-hydrogen) atoms. The first-order valence-corrected chi connectivity index (χ1v) is 7.66. The molecule has 0 unspecified atom stereocenters. The molecule has 114 valence electrons. The Morgan fingerprint density at radius 2 is 1.82 bits per heavy atom. The van der Waals surface area contributed by atoms with Crippen molar-refractivity contribution >= 4 is 39.1 Å². The predicted molar refractivity (Wildman–Crippen MR) is 92.0 cm³/mol. The molecular formula is C17H17BrN2O2. The number of halogens is 1. The molecule has 0 fully saturated rings. The maximum absolute atomic E-state index is 12.2. The molecule has 0 saturated heterocycles. The van der Waals surface area contributed by atoms with E-state index in [4.69, 9.17) is 0 Å². The van der Waals surface area contributed by atoms with Crippen molar-refractivity contribution in [3.63, 3.8) is 0 Å². The molecule has 2 aromatic rings. The Labute approximate surface area is 138 Å². The van der Waals surface area contributed by atoms with E-state index in [0.29, 0.717) is 11.4 Å². The lowest BCUT2D eigenvalue weighted by atomic mass is 10.2. The lowest BCUT2D eigenvalue weighted by Gasteiger charge is -2.20. The Hall–Kier alpha value is -2.14. The second kappa shape index (κ2) is 7.22. The van der Waals surface area contributed by atoms with Crippen LogP contribution in [0, 0.1) is 6.92 Å². The van der Waals surface area contributed by atoms with Gasteiger partial charge in [0.2, 0.25) is 11.8 Å². The predicted octanol–water partition coefficient (Wildman–Crippen LogP) is 3.75. The van der Waals surface area contributed by atoms with Crippen molar-refractivity contribution in [2.24, 2.45) is 0 Å². The first-order valence-electron chi connectivity index (χ1n) is 6.86. The zero-order valence-electron chi connectivity index (χ0n) is 12.5. The molecule has 0 spiro atoms. The SMILES string of the molecule is CC(=O)N(CC(=O)Nc1ccc(C)cc1Br)c1ccccc1. The van der Waals surface area contributed by atoms with E-state index in [9.17, 15) is 9.59 Å². The molecule has 0 aliphatic carbocycles. The van der Waals surface area contributed by atoms with Crippen molar-refractivity contribution in [3.8, 4) is 0 Å². The number of hydrogen-bond acceptors (Lipinski definition) is 2. The monoisotopic (exact) mass is 360 g/mol. The van der Waals surface area contributed by atoms with Gasteiger partial charge in [0.15, 0.2) is 0 Å². The van der Waals surface area contributed by atoms with Gasteiger partial charge in [-0.25, -0.2) is 0 Å². The van der Waals surface area contributed by atoms with Gasteiger partial charge in [-0.1, -0.05) is 24.3 Å². The number of nitrogens with zero attached hydrogens (tertiary/aromatic N) is 1. The van der Waals surface area contributed by atoms with Crippen LogP contribution in [0.15, 0.2) is 53.0 Å². The number of anilines is 2. The van der Waals surface area contributed by atoms with Crippen molar-refractivity contribution < 1.29 is 9.59 Å². The van der Waals surface area contributed by atoms with E-state index in [0.717, 1.165) is 10.0 Å². The number of carbonyl (C=O) groups excluding carboxylic acids is 2. The van der Waals surface area contributed by atoms with Crippen molar-refractivity contribution in [2.75, 3.05) is 16.8 Å². The highest BCUT2D eigenvalue weighted by molar-refractivity contribution is 9.10. The zero-order chi connectivity index (χ0) is 16.1. The fraction of sp³-hybridized carbons (Fsp3) is 0.176. The van der Waals surface area contributed by atoms with E-state index in [-0.39, 0.29) is 18.4 Å². The van der Waals surface area contributed by atoms with E-state index in [1.165, 1.54) is 11.8 Å². The summed E-state index contributed by atoms with van der Waals surface area (Å²) < 4.78 is 0.815. The first kappa shape index (κ1) is 16.2. The third kappa shape index (κ3) is 4.18. The summed E-state index contributed by atoms with van der Waals surface area (Å²) in [5, 5.41) is 2.81. The third-order valence-electron chi connectivity index (χ3n) is 3.15. The smallest absolute Gasteiger partial charge is 0.244 e. The third-order valence-corrected chi connectivity index (χ3v) is 3.80. The van der Waals surface area contributed by atoms with Crippen LogP contribution in [0.5, 0.6) is 0 Å². The molecule has 0 bridgehead atoms. The largest absolute Gasteiger partial charge is 0.324 e. The number of nitrogens with one attached hydrogen (secondary N) is 1.